The minimum Gasteiger partial charge on any atom is -0.493 e. The molecule has 0 bridgehead atoms. The normalized spacial score (nSPS) is 18.0. The maximum absolute atomic E-state index is 12.8. The van der Waals surface area contributed by atoms with Crippen LogP contribution in [0.15, 0.2) is 52.6 Å². The number of carbonyl (C=O) groups is 1. The number of nitrogens with zero attached hydrogens (tertiary/aromatic N) is 3. The van der Waals surface area contributed by atoms with E-state index in [4.69, 9.17) is 14.5 Å². The summed E-state index contributed by atoms with van der Waals surface area (Å²) in [7, 11) is 3.17. The van der Waals surface area contributed by atoms with Gasteiger partial charge in [-0.15, -0.1) is 5.10 Å². The molecule has 2 aromatic rings. The van der Waals surface area contributed by atoms with Crippen molar-refractivity contribution in [2.45, 2.75) is 6.17 Å². The van der Waals surface area contributed by atoms with Gasteiger partial charge >= 0.3 is 0 Å². The Balaban J connectivity index is 2.00. The van der Waals surface area contributed by atoms with Crippen LogP contribution in [0, 0.1) is 0 Å². The fourth-order valence-corrected chi connectivity index (χ4v) is 3.60. The van der Waals surface area contributed by atoms with Crippen LogP contribution in [0.25, 0.3) is 5.70 Å². The smallest absolute Gasteiger partial charge is 0.276 e. The Kier molecular flexibility index (Phi) is 4.49. The van der Waals surface area contributed by atoms with E-state index >= 15 is 0 Å². The predicted molar refractivity (Wildman–Crippen MR) is 104 cm³/mol. The zero-order chi connectivity index (χ0) is 19.0. The molecule has 4 rings (SSSR count). The summed E-state index contributed by atoms with van der Waals surface area (Å²) < 4.78 is 11.0. The predicted octanol–water partition coefficient (Wildman–Crippen LogP) is 1.21. The molecule has 2 aliphatic heterocycles. The summed E-state index contributed by atoms with van der Waals surface area (Å²) in [5.41, 5.74) is 1.23. The molecule has 0 saturated heterocycles. The number of ether oxygens (including phenoxy) is 2. The van der Waals surface area contributed by atoms with Gasteiger partial charge in [-0.1, -0.05) is 42.1 Å². The number of fused-ring (bicyclic) bond motifs is 2. The van der Waals surface area contributed by atoms with Gasteiger partial charge in [0.25, 0.3) is 5.91 Å². The van der Waals surface area contributed by atoms with Crippen LogP contribution in [-0.4, -0.2) is 36.6 Å². The van der Waals surface area contributed by atoms with Crippen molar-refractivity contribution < 1.29 is 14.3 Å². The highest BCUT2D eigenvalue weighted by atomic mass is 32.2. The fraction of sp³-hybridized carbons (Fsp3) is 0.211. The average molecular weight is 382 g/mol. The van der Waals surface area contributed by atoms with Gasteiger partial charge in [0.05, 0.1) is 19.6 Å². The van der Waals surface area contributed by atoms with E-state index in [1.807, 2.05) is 48.7 Å². The maximum atomic E-state index is 12.8. The van der Waals surface area contributed by atoms with Crippen LogP contribution >= 0.6 is 11.8 Å². The molecular weight excluding hydrogens is 364 g/mol. The van der Waals surface area contributed by atoms with Gasteiger partial charge in [-0.05, 0) is 18.4 Å². The minimum absolute atomic E-state index is 0.205. The number of para-hydroxylation sites is 2. The van der Waals surface area contributed by atoms with E-state index < -0.39 is 6.17 Å². The van der Waals surface area contributed by atoms with Crippen molar-refractivity contribution >= 4 is 28.5 Å². The average Bonchev–Trinajstić information content (AvgIpc) is 2.71. The lowest BCUT2D eigenvalue weighted by molar-refractivity contribution is -0.116. The van der Waals surface area contributed by atoms with Crippen molar-refractivity contribution in [3.63, 3.8) is 0 Å². The highest BCUT2D eigenvalue weighted by Crippen LogP contribution is 2.40. The highest BCUT2D eigenvalue weighted by molar-refractivity contribution is 8.13. The number of thioether (sulfide) groups is 1. The molecule has 2 aromatic carbocycles. The number of amides is 1. The zero-order valence-corrected chi connectivity index (χ0v) is 15.9. The summed E-state index contributed by atoms with van der Waals surface area (Å²) >= 11 is 1.37. The molecule has 1 amide bonds. The van der Waals surface area contributed by atoms with E-state index in [1.165, 1.54) is 11.8 Å². The number of hydrogen-bond donors (Lipinski definition) is 1. The molecule has 0 aliphatic carbocycles. The van der Waals surface area contributed by atoms with E-state index in [0.717, 1.165) is 16.1 Å². The Bertz CT molecular complexity index is 1070. The largest absolute Gasteiger partial charge is 0.493 e. The van der Waals surface area contributed by atoms with Crippen LogP contribution in [0.1, 0.15) is 11.7 Å². The van der Waals surface area contributed by atoms with E-state index in [2.05, 4.69) is 10.4 Å². The van der Waals surface area contributed by atoms with Crippen LogP contribution in [-0.2, 0) is 4.79 Å². The van der Waals surface area contributed by atoms with Crippen molar-refractivity contribution in [1.29, 1.82) is 0 Å². The number of nitrogens with one attached hydrogen (secondary N) is 1. The van der Waals surface area contributed by atoms with E-state index in [9.17, 15) is 4.79 Å². The number of carbonyl (C=O) groups excluding carboxylic acids is 1. The summed E-state index contributed by atoms with van der Waals surface area (Å²) in [6.45, 7) is 0. The summed E-state index contributed by atoms with van der Waals surface area (Å²) in [4.78, 5) is 17.7. The van der Waals surface area contributed by atoms with Gasteiger partial charge in [-0.25, -0.2) is 5.01 Å². The first-order valence-corrected chi connectivity index (χ1v) is 9.51. The molecule has 0 radical (unpaired) electrons. The first-order valence-electron chi connectivity index (χ1n) is 8.29. The summed E-state index contributed by atoms with van der Waals surface area (Å²) in [6, 6.07) is 13.1. The van der Waals surface area contributed by atoms with Crippen molar-refractivity contribution in [3.8, 4) is 11.5 Å². The number of benzene rings is 2. The molecule has 7 nitrogen and oxygen atoms in total. The van der Waals surface area contributed by atoms with Gasteiger partial charge in [-0.2, -0.15) is 0 Å². The fourth-order valence-electron chi connectivity index (χ4n) is 3.24. The number of methoxy groups -OCH3 is 2. The van der Waals surface area contributed by atoms with Crippen molar-refractivity contribution in [2.24, 2.45) is 10.1 Å². The van der Waals surface area contributed by atoms with Gasteiger partial charge in [-0.3, -0.25) is 15.1 Å². The molecule has 2 heterocycles. The Morgan fingerprint density at radius 2 is 1.93 bits per heavy atom. The molecule has 0 fully saturated rings. The third-order valence-electron chi connectivity index (χ3n) is 4.42. The van der Waals surface area contributed by atoms with Crippen molar-refractivity contribution in [1.82, 2.24) is 10.3 Å². The third kappa shape index (κ3) is 2.82. The summed E-state index contributed by atoms with van der Waals surface area (Å²) in [6.07, 6.45) is 1.31. The Morgan fingerprint density at radius 1 is 1.11 bits per heavy atom. The summed E-state index contributed by atoms with van der Waals surface area (Å²) in [5, 5.41) is 11.1. The van der Waals surface area contributed by atoms with Crippen molar-refractivity contribution in [3.05, 3.63) is 58.6 Å². The number of hydrogen-bond acceptors (Lipinski definition) is 7. The van der Waals surface area contributed by atoms with Crippen LogP contribution < -0.4 is 25.4 Å². The lowest BCUT2D eigenvalue weighted by atomic mass is 10.1. The van der Waals surface area contributed by atoms with Gasteiger partial charge in [0.2, 0.25) is 0 Å². The van der Waals surface area contributed by atoms with Crippen LogP contribution in [0.3, 0.4) is 0 Å². The first kappa shape index (κ1) is 17.4. The zero-order valence-electron chi connectivity index (χ0n) is 15.1. The Morgan fingerprint density at radius 3 is 2.67 bits per heavy atom. The topological polar surface area (TPSA) is 75.5 Å². The molecule has 138 valence electrons. The van der Waals surface area contributed by atoms with Gasteiger partial charge in [0, 0.05) is 10.8 Å². The quantitative estimate of drug-likeness (QED) is 0.864. The lowest BCUT2D eigenvalue weighted by Crippen LogP contribution is -2.50. The second kappa shape index (κ2) is 6.96. The lowest BCUT2D eigenvalue weighted by Gasteiger charge is -2.34. The highest BCUT2D eigenvalue weighted by Gasteiger charge is 2.35. The second-order valence-corrected chi connectivity index (χ2v) is 6.65. The Labute approximate surface area is 160 Å². The molecule has 0 aromatic heterocycles. The van der Waals surface area contributed by atoms with Crippen LogP contribution in [0.5, 0.6) is 11.5 Å². The van der Waals surface area contributed by atoms with Crippen molar-refractivity contribution in [2.75, 3.05) is 20.5 Å². The van der Waals surface area contributed by atoms with E-state index in [0.29, 0.717) is 22.4 Å². The minimum atomic E-state index is -0.548. The molecule has 0 spiro atoms. The Hall–Kier alpha value is -3.00. The molecule has 8 heteroatoms. The molecular formula is C19H18N4O3S. The summed E-state index contributed by atoms with van der Waals surface area (Å²) in [5.74, 6) is 0.962. The molecule has 0 saturated carbocycles. The van der Waals surface area contributed by atoms with Gasteiger partial charge in [0.1, 0.15) is 5.70 Å². The van der Waals surface area contributed by atoms with Gasteiger partial charge < -0.3 is 9.47 Å². The number of hydrazone groups is 1. The molecule has 1 N–H and O–H groups in total. The van der Waals surface area contributed by atoms with E-state index in [-0.39, 0.29) is 5.91 Å². The molecule has 2 aliphatic rings. The molecule has 0 unspecified atom stereocenters. The van der Waals surface area contributed by atoms with Crippen LogP contribution in [0.4, 0.5) is 0 Å². The maximum Gasteiger partial charge on any atom is 0.276 e. The van der Waals surface area contributed by atoms with E-state index in [1.54, 1.807) is 19.2 Å². The molecule has 1 atom stereocenters. The first-order chi connectivity index (χ1) is 13.2. The second-order valence-electron chi connectivity index (χ2n) is 5.86. The number of rotatable bonds is 3. The third-order valence-corrected chi connectivity index (χ3v) is 4.99. The van der Waals surface area contributed by atoms with Gasteiger partial charge in [0.15, 0.2) is 22.8 Å². The monoisotopic (exact) mass is 382 g/mol. The standard InChI is InChI=1S/C19H18N4O3S/c1-25-14-10-6-8-12(16(14)26-2)17-20-13-9-5-4-7-11(13)15-18(24)21-19(27-3)22-23(15)17/h4-10,17H,1-3H3,(H,21,22,24)/t17-/m0/s1. The van der Waals surface area contributed by atoms with Crippen LogP contribution in [0.2, 0.25) is 0 Å². The SMILES string of the molecule is COc1cccc([C@H]2N=c3ccccc3=C3C(=O)NC(SC)=NN32)c1OC. The molecule has 27 heavy (non-hydrogen) atoms. The number of amidine groups is 1.